The van der Waals surface area contributed by atoms with Crippen molar-refractivity contribution in [2.45, 2.75) is 37.6 Å². The van der Waals surface area contributed by atoms with Crippen LogP contribution < -0.4 is 10.4 Å². The molecule has 0 radical (unpaired) electrons. The summed E-state index contributed by atoms with van der Waals surface area (Å²) in [6.07, 6.45) is -7.94. The highest BCUT2D eigenvalue weighted by Gasteiger charge is 2.45. The number of phenolic OH excluding ortho intramolecular Hbond substituents is 3. The van der Waals surface area contributed by atoms with Gasteiger partial charge in [-0.2, -0.15) is 0 Å². The van der Waals surface area contributed by atoms with Crippen LogP contribution in [-0.2, 0) is 14.3 Å². The van der Waals surface area contributed by atoms with Gasteiger partial charge in [-0.1, -0.05) is 6.07 Å². The molecule has 1 fully saturated rings. The second kappa shape index (κ2) is 9.43. The van der Waals surface area contributed by atoms with Crippen molar-refractivity contribution in [2.24, 2.45) is 0 Å². The number of carbonyl (C=O) groups is 1. The topological polar surface area (TPSA) is 196 Å². The summed E-state index contributed by atoms with van der Waals surface area (Å²) in [5.74, 6) is -2.02. The fourth-order valence-electron chi connectivity index (χ4n) is 3.74. The number of rotatable bonds is 5. The normalized spacial score (nSPS) is 24.3. The Morgan fingerprint density at radius 3 is 2.40 bits per heavy atom. The molecule has 0 unspecified atom stereocenters. The van der Waals surface area contributed by atoms with Gasteiger partial charge in [-0.3, -0.25) is 4.79 Å². The number of esters is 1. The van der Waals surface area contributed by atoms with Crippen molar-refractivity contribution in [3.63, 3.8) is 0 Å². The summed E-state index contributed by atoms with van der Waals surface area (Å²) in [6, 6.07) is 7.20. The number of phenols is 3. The molecule has 35 heavy (non-hydrogen) atoms. The summed E-state index contributed by atoms with van der Waals surface area (Å²) in [5.41, 5.74) is -0.436. The minimum Gasteiger partial charge on any atom is -0.508 e. The fourth-order valence-corrected chi connectivity index (χ4v) is 3.74. The van der Waals surface area contributed by atoms with Crippen molar-refractivity contribution in [3.05, 3.63) is 46.8 Å². The van der Waals surface area contributed by atoms with Gasteiger partial charge >= 0.3 is 11.6 Å². The van der Waals surface area contributed by atoms with Crippen molar-refractivity contribution >= 4 is 16.9 Å². The van der Waals surface area contributed by atoms with E-state index in [1.54, 1.807) is 0 Å². The molecule has 1 aliphatic rings. The average Bonchev–Trinajstić information content (AvgIpc) is 2.79. The Kier molecular flexibility index (Phi) is 6.54. The third-order valence-corrected chi connectivity index (χ3v) is 5.44. The lowest BCUT2D eigenvalue weighted by Crippen LogP contribution is -2.60. The summed E-state index contributed by atoms with van der Waals surface area (Å²) >= 11 is 0. The summed E-state index contributed by atoms with van der Waals surface area (Å²) in [6.45, 7) is 0.706. The van der Waals surface area contributed by atoms with Crippen LogP contribution in [0.4, 0.5) is 0 Å². The molecule has 0 bridgehead atoms. The molecule has 0 saturated carbocycles. The molecule has 186 valence electrons. The van der Waals surface area contributed by atoms with E-state index in [0.717, 1.165) is 25.1 Å². The number of aliphatic hydroxyl groups excluding tert-OH is 3. The summed E-state index contributed by atoms with van der Waals surface area (Å²) in [7, 11) is 0. The molecule has 1 aromatic heterocycles. The van der Waals surface area contributed by atoms with Gasteiger partial charge in [0.05, 0.1) is 5.39 Å². The Hall–Kier alpha value is -3.84. The van der Waals surface area contributed by atoms with Gasteiger partial charge in [0, 0.05) is 30.7 Å². The third kappa shape index (κ3) is 4.86. The van der Waals surface area contributed by atoms with E-state index >= 15 is 0 Å². The summed E-state index contributed by atoms with van der Waals surface area (Å²) in [4.78, 5) is 23.3. The van der Waals surface area contributed by atoms with Crippen molar-refractivity contribution in [3.8, 4) is 34.1 Å². The van der Waals surface area contributed by atoms with E-state index in [0.29, 0.717) is 0 Å². The molecule has 6 N–H and O–H groups in total. The highest BCUT2D eigenvalue weighted by atomic mass is 16.7. The monoisotopic (exact) mass is 490 g/mol. The molecule has 0 amide bonds. The van der Waals surface area contributed by atoms with E-state index in [9.17, 15) is 40.2 Å². The van der Waals surface area contributed by atoms with Crippen LogP contribution in [0.3, 0.4) is 0 Å². The van der Waals surface area contributed by atoms with Crippen LogP contribution in [0.5, 0.6) is 23.0 Å². The van der Waals surface area contributed by atoms with Gasteiger partial charge in [0.25, 0.3) is 0 Å². The molecule has 0 aliphatic carbocycles. The maximum Gasteiger partial charge on any atom is 0.336 e. The standard InChI is InChI=1S/C23H22O12/c1-9(24)32-8-17-20(29)21(30)22(31)23(35-17)34-16-6-11(25)5-15-19(16)12(7-18(28)33-15)10-2-3-13(26)14(27)4-10/h2-7,17,20-23,25-27,29-31H,8H2,1H3/t17-,20+,21+,22-,23-/m1/s1. The van der Waals surface area contributed by atoms with E-state index in [4.69, 9.17) is 18.6 Å². The van der Waals surface area contributed by atoms with Crippen molar-refractivity contribution in [1.29, 1.82) is 0 Å². The molecule has 12 heteroatoms. The molecule has 5 atom stereocenters. The zero-order valence-corrected chi connectivity index (χ0v) is 18.2. The largest absolute Gasteiger partial charge is 0.508 e. The van der Waals surface area contributed by atoms with Gasteiger partial charge in [-0.15, -0.1) is 0 Å². The SMILES string of the molecule is CC(=O)OC[C@H]1O[C@@H](Oc2cc(O)cc3oc(=O)cc(-c4ccc(O)c(O)c4)c23)[C@H](O)[C@@H](O)[C@H]1O. The number of aromatic hydroxyl groups is 3. The number of carbonyl (C=O) groups excluding carboxylic acids is 1. The number of benzene rings is 2. The van der Waals surface area contributed by atoms with E-state index in [1.807, 2.05) is 0 Å². The van der Waals surface area contributed by atoms with Crippen molar-refractivity contribution in [2.75, 3.05) is 6.61 Å². The molecule has 4 rings (SSSR count). The Balaban J connectivity index is 1.79. The quantitative estimate of drug-likeness (QED) is 0.163. The van der Waals surface area contributed by atoms with Crippen LogP contribution >= 0.6 is 0 Å². The first kappa shape index (κ1) is 24.3. The molecule has 3 aromatic rings. The summed E-state index contributed by atoms with van der Waals surface area (Å²) < 4.78 is 21.3. The van der Waals surface area contributed by atoms with Gasteiger partial charge in [-0.25, -0.2) is 4.79 Å². The molecule has 1 saturated heterocycles. The molecule has 12 nitrogen and oxygen atoms in total. The number of ether oxygens (including phenoxy) is 3. The lowest BCUT2D eigenvalue weighted by molar-refractivity contribution is -0.278. The van der Waals surface area contributed by atoms with Crippen LogP contribution in [0.25, 0.3) is 22.1 Å². The van der Waals surface area contributed by atoms with Gasteiger partial charge in [-0.05, 0) is 17.7 Å². The van der Waals surface area contributed by atoms with Crippen LogP contribution in [0.1, 0.15) is 6.92 Å². The maximum atomic E-state index is 12.2. The second-order valence-electron chi connectivity index (χ2n) is 7.93. The van der Waals surface area contributed by atoms with Gasteiger partial charge in [0.1, 0.15) is 48.1 Å². The second-order valence-corrected chi connectivity index (χ2v) is 7.93. The molecular formula is C23H22O12. The minimum absolute atomic E-state index is 0.114. The zero-order valence-electron chi connectivity index (χ0n) is 18.2. The molecular weight excluding hydrogens is 468 g/mol. The van der Waals surface area contributed by atoms with Crippen molar-refractivity contribution < 1.29 is 54.1 Å². The van der Waals surface area contributed by atoms with Gasteiger partial charge in [0.2, 0.25) is 6.29 Å². The van der Waals surface area contributed by atoms with Gasteiger partial charge in [0.15, 0.2) is 11.5 Å². The lowest BCUT2D eigenvalue weighted by Gasteiger charge is -2.40. The summed E-state index contributed by atoms with van der Waals surface area (Å²) in [5, 5.41) is 60.7. The van der Waals surface area contributed by atoms with E-state index < -0.39 is 54.7 Å². The predicted molar refractivity (Wildman–Crippen MR) is 117 cm³/mol. The van der Waals surface area contributed by atoms with Crippen molar-refractivity contribution in [1.82, 2.24) is 0 Å². The van der Waals surface area contributed by atoms with Crippen LogP contribution in [0.15, 0.2) is 45.6 Å². The number of fused-ring (bicyclic) bond motifs is 1. The third-order valence-electron chi connectivity index (χ3n) is 5.44. The Labute approximate surface area is 196 Å². The molecule has 0 spiro atoms. The Morgan fingerprint density at radius 1 is 0.971 bits per heavy atom. The fraction of sp³-hybridized carbons (Fsp3) is 0.304. The Morgan fingerprint density at radius 2 is 1.71 bits per heavy atom. The van der Waals surface area contributed by atoms with Gasteiger partial charge < -0.3 is 49.3 Å². The zero-order chi connectivity index (χ0) is 25.4. The predicted octanol–water partition coefficient (Wildman–Crippen LogP) is 0.326. The van der Waals surface area contributed by atoms with E-state index in [1.165, 1.54) is 18.2 Å². The lowest BCUT2D eigenvalue weighted by atomic mass is 9.99. The average molecular weight is 490 g/mol. The number of aliphatic hydroxyl groups is 3. The first-order valence-corrected chi connectivity index (χ1v) is 10.4. The molecule has 2 heterocycles. The van der Waals surface area contributed by atoms with Crippen LogP contribution in [0, 0.1) is 0 Å². The highest BCUT2D eigenvalue weighted by molar-refractivity contribution is 5.98. The number of hydrogen-bond donors (Lipinski definition) is 6. The van der Waals surface area contributed by atoms with E-state index in [-0.39, 0.29) is 39.3 Å². The van der Waals surface area contributed by atoms with E-state index in [2.05, 4.69) is 0 Å². The molecule has 1 aliphatic heterocycles. The van der Waals surface area contributed by atoms with Crippen LogP contribution in [-0.4, -0.2) is 73.9 Å². The Bertz CT molecular complexity index is 1320. The molecule has 2 aromatic carbocycles. The first-order chi connectivity index (χ1) is 16.5. The van der Waals surface area contributed by atoms with Crippen LogP contribution in [0.2, 0.25) is 0 Å². The maximum absolute atomic E-state index is 12.2. The highest BCUT2D eigenvalue weighted by Crippen LogP contribution is 2.40. The number of hydrogen-bond acceptors (Lipinski definition) is 12. The minimum atomic E-state index is -1.76. The smallest absolute Gasteiger partial charge is 0.336 e. The first-order valence-electron chi connectivity index (χ1n) is 10.4.